The molecule has 0 saturated heterocycles. The zero-order chi connectivity index (χ0) is 23.8. The van der Waals surface area contributed by atoms with E-state index in [9.17, 15) is 27.2 Å². The molecule has 170 valence electrons. The van der Waals surface area contributed by atoms with Gasteiger partial charge in [-0.3, -0.25) is 18.7 Å². The number of aromatic nitrogens is 3. The highest BCUT2D eigenvalue weighted by Gasteiger charge is 2.24. The van der Waals surface area contributed by atoms with E-state index >= 15 is 0 Å². The molecule has 32 heavy (non-hydrogen) atoms. The SMILES string of the molecule is CCN(CC)S(=O)(=O)c1ccc(F)c(C(=O)Nc2cnc3c(c2)c(=O)n(C)c(=O)n3C)c1. The van der Waals surface area contributed by atoms with Gasteiger partial charge in [0.05, 0.1) is 27.7 Å². The van der Waals surface area contributed by atoms with Crippen molar-refractivity contribution >= 4 is 32.7 Å². The molecule has 0 fully saturated rings. The number of hydrogen-bond donors (Lipinski definition) is 1. The number of carbonyl (C=O) groups excluding carboxylic acids is 1. The lowest BCUT2D eigenvalue weighted by Crippen LogP contribution is -2.37. The molecule has 2 aromatic heterocycles. The molecule has 3 rings (SSSR count). The van der Waals surface area contributed by atoms with E-state index in [0.717, 1.165) is 22.8 Å². The number of pyridine rings is 1. The van der Waals surface area contributed by atoms with Crippen molar-refractivity contribution in [2.75, 3.05) is 18.4 Å². The number of nitrogens with zero attached hydrogens (tertiary/aromatic N) is 4. The summed E-state index contributed by atoms with van der Waals surface area (Å²) >= 11 is 0. The van der Waals surface area contributed by atoms with Gasteiger partial charge < -0.3 is 5.32 Å². The molecule has 10 nitrogen and oxygen atoms in total. The van der Waals surface area contributed by atoms with Crippen LogP contribution < -0.4 is 16.6 Å². The molecule has 1 N–H and O–H groups in total. The van der Waals surface area contributed by atoms with E-state index < -0.39 is 38.6 Å². The molecule has 0 atom stereocenters. The van der Waals surface area contributed by atoms with Gasteiger partial charge in [-0.05, 0) is 24.3 Å². The van der Waals surface area contributed by atoms with Crippen LogP contribution in [0.25, 0.3) is 11.0 Å². The number of anilines is 1. The second kappa shape index (κ2) is 8.63. The number of amides is 1. The van der Waals surface area contributed by atoms with Crippen molar-refractivity contribution in [3.05, 3.63) is 62.7 Å². The van der Waals surface area contributed by atoms with Gasteiger partial charge in [0.15, 0.2) is 0 Å². The van der Waals surface area contributed by atoms with Gasteiger partial charge in [0, 0.05) is 27.2 Å². The van der Waals surface area contributed by atoms with Crippen molar-refractivity contribution in [3.63, 3.8) is 0 Å². The van der Waals surface area contributed by atoms with Crippen molar-refractivity contribution in [2.24, 2.45) is 14.1 Å². The van der Waals surface area contributed by atoms with Crippen LogP contribution in [0.1, 0.15) is 24.2 Å². The fourth-order valence-corrected chi connectivity index (χ4v) is 4.77. The standard InChI is InChI=1S/C20H22FN5O5S/c1-5-26(6-2)32(30,31)13-7-8-16(21)14(10-13)18(27)23-12-9-15-17(22-11-12)24(3)20(29)25(4)19(15)28/h7-11H,5-6H2,1-4H3,(H,23,27). The van der Waals surface area contributed by atoms with Gasteiger partial charge in [0.25, 0.3) is 11.5 Å². The fourth-order valence-electron chi connectivity index (χ4n) is 3.28. The Kier molecular flexibility index (Phi) is 6.28. The minimum atomic E-state index is -3.90. The second-order valence-electron chi connectivity index (χ2n) is 6.99. The number of sulfonamides is 1. The number of nitrogens with one attached hydrogen (secondary N) is 1. The minimum absolute atomic E-state index is 0.0748. The smallest absolute Gasteiger partial charge is 0.320 e. The summed E-state index contributed by atoms with van der Waals surface area (Å²) in [6, 6.07) is 4.29. The third kappa shape index (κ3) is 3.94. The van der Waals surface area contributed by atoms with Gasteiger partial charge in [-0.15, -0.1) is 0 Å². The third-order valence-electron chi connectivity index (χ3n) is 5.08. The largest absolute Gasteiger partial charge is 0.332 e. The maximum absolute atomic E-state index is 14.4. The van der Waals surface area contributed by atoms with Crippen LogP contribution in [-0.4, -0.2) is 45.8 Å². The van der Waals surface area contributed by atoms with Crippen LogP contribution in [0.5, 0.6) is 0 Å². The number of hydrogen-bond acceptors (Lipinski definition) is 6. The van der Waals surface area contributed by atoms with E-state index in [1.807, 2.05) is 0 Å². The van der Waals surface area contributed by atoms with Crippen molar-refractivity contribution < 1.29 is 17.6 Å². The molecule has 0 aliphatic rings. The molecule has 3 aromatic rings. The topological polar surface area (TPSA) is 123 Å². The Hall–Kier alpha value is -3.38. The van der Waals surface area contributed by atoms with E-state index in [1.165, 1.54) is 35.2 Å². The quantitative estimate of drug-likeness (QED) is 0.583. The van der Waals surface area contributed by atoms with Crippen molar-refractivity contribution in [3.8, 4) is 0 Å². The summed E-state index contributed by atoms with van der Waals surface area (Å²) in [6.07, 6.45) is 1.22. The number of aryl methyl sites for hydroxylation is 1. The molecule has 0 spiro atoms. The Morgan fingerprint density at radius 3 is 2.41 bits per heavy atom. The predicted molar refractivity (Wildman–Crippen MR) is 117 cm³/mol. The summed E-state index contributed by atoms with van der Waals surface area (Å²) in [5.74, 6) is -1.82. The van der Waals surface area contributed by atoms with Gasteiger partial charge >= 0.3 is 5.69 Å². The maximum Gasteiger partial charge on any atom is 0.332 e. The normalized spacial score (nSPS) is 11.8. The van der Waals surface area contributed by atoms with E-state index in [4.69, 9.17) is 0 Å². The predicted octanol–water partition coefficient (Wildman–Crippen LogP) is 1.05. The van der Waals surface area contributed by atoms with E-state index in [-0.39, 0.29) is 34.7 Å². The molecule has 0 aliphatic heterocycles. The first-order chi connectivity index (χ1) is 15.0. The fraction of sp³-hybridized carbons (Fsp3) is 0.300. The van der Waals surface area contributed by atoms with Crippen molar-refractivity contribution in [1.82, 2.24) is 18.4 Å². The number of benzene rings is 1. The molecule has 1 aromatic carbocycles. The molecule has 1 amide bonds. The Labute approximate surface area is 183 Å². The first kappa shape index (κ1) is 23.3. The highest BCUT2D eigenvalue weighted by Crippen LogP contribution is 2.21. The van der Waals surface area contributed by atoms with Crippen molar-refractivity contribution in [1.29, 1.82) is 0 Å². The second-order valence-corrected chi connectivity index (χ2v) is 8.92. The highest BCUT2D eigenvalue weighted by molar-refractivity contribution is 7.89. The summed E-state index contributed by atoms with van der Waals surface area (Å²) in [6.45, 7) is 3.78. The molecule has 0 aliphatic carbocycles. The average Bonchev–Trinajstić information content (AvgIpc) is 2.76. The molecule has 0 unspecified atom stereocenters. The molecule has 0 saturated carbocycles. The van der Waals surface area contributed by atoms with Crippen molar-refractivity contribution in [2.45, 2.75) is 18.7 Å². The highest BCUT2D eigenvalue weighted by atomic mass is 32.2. The summed E-state index contributed by atoms with van der Waals surface area (Å²) < 4.78 is 43.1. The van der Waals surface area contributed by atoms with Gasteiger partial charge in [0.2, 0.25) is 10.0 Å². The minimum Gasteiger partial charge on any atom is -0.320 e. The molecule has 12 heteroatoms. The van der Waals surface area contributed by atoms with E-state index in [2.05, 4.69) is 10.3 Å². The molecule has 0 radical (unpaired) electrons. The summed E-state index contributed by atoms with van der Waals surface area (Å²) in [7, 11) is -1.13. The van der Waals surface area contributed by atoms with Gasteiger partial charge in [-0.1, -0.05) is 13.8 Å². The Bertz CT molecular complexity index is 1440. The van der Waals surface area contributed by atoms with Crippen LogP contribution in [0.4, 0.5) is 10.1 Å². The Morgan fingerprint density at radius 1 is 1.12 bits per heavy atom. The van der Waals surface area contributed by atoms with Crippen LogP contribution in [0, 0.1) is 5.82 Å². The van der Waals surface area contributed by atoms with Crippen LogP contribution in [0.15, 0.2) is 44.9 Å². The number of halogens is 1. The summed E-state index contributed by atoms with van der Waals surface area (Å²) in [4.78, 5) is 41.0. The Morgan fingerprint density at radius 2 is 1.78 bits per heavy atom. The van der Waals surface area contributed by atoms with Gasteiger partial charge in [0.1, 0.15) is 11.5 Å². The summed E-state index contributed by atoms with van der Waals surface area (Å²) in [5, 5.41) is 2.50. The van der Waals surface area contributed by atoms with Crippen LogP contribution >= 0.6 is 0 Å². The first-order valence-corrected chi connectivity index (χ1v) is 11.1. The number of carbonyl (C=O) groups is 1. The van der Waals surface area contributed by atoms with Gasteiger partial charge in [-0.2, -0.15) is 4.31 Å². The average molecular weight is 463 g/mol. The van der Waals surface area contributed by atoms with Crippen LogP contribution in [0.3, 0.4) is 0 Å². The van der Waals surface area contributed by atoms with E-state index in [0.29, 0.717) is 0 Å². The zero-order valence-corrected chi connectivity index (χ0v) is 18.7. The molecular weight excluding hydrogens is 441 g/mol. The van der Waals surface area contributed by atoms with Crippen LogP contribution in [-0.2, 0) is 24.1 Å². The molecule has 2 heterocycles. The third-order valence-corrected chi connectivity index (χ3v) is 7.12. The monoisotopic (exact) mass is 463 g/mol. The van der Waals surface area contributed by atoms with Crippen LogP contribution in [0.2, 0.25) is 0 Å². The number of rotatable bonds is 6. The lowest BCUT2D eigenvalue weighted by Gasteiger charge is -2.19. The maximum atomic E-state index is 14.4. The molecule has 0 bridgehead atoms. The summed E-state index contributed by atoms with van der Waals surface area (Å²) in [5.41, 5.74) is -1.44. The first-order valence-electron chi connectivity index (χ1n) is 9.69. The van der Waals surface area contributed by atoms with E-state index in [1.54, 1.807) is 13.8 Å². The number of fused-ring (bicyclic) bond motifs is 1. The lowest BCUT2D eigenvalue weighted by molar-refractivity contribution is 0.102. The molecular formula is C20H22FN5O5S. The Balaban J connectivity index is 2.02. The zero-order valence-electron chi connectivity index (χ0n) is 17.9. The van der Waals surface area contributed by atoms with Gasteiger partial charge in [-0.25, -0.2) is 22.6 Å². The lowest BCUT2D eigenvalue weighted by atomic mass is 10.2.